The molecule has 0 bridgehead atoms. The molecule has 0 aromatic heterocycles. The molecule has 2 nitrogen and oxygen atoms in total. The summed E-state index contributed by atoms with van der Waals surface area (Å²) in [5.41, 5.74) is 0.984. The number of benzene rings is 1. The van der Waals surface area contributed by atoms with E-state index in [-0.39, 0.29) is 11.9 Å². The Balaban J connectivity index is 2.15. The van der Waals surface area contributed by atoms with Crippen LogP contribution in [-0.4, -0.2) is 12.6 Å². The van der Waals surface area contributed by atoms with Crippen molar-refractivity contribution in [2.45, 2.75) is 44.9 Å². The average molecular weight is 281 g/mol. The van der Waals surface area contributed by atoms with E-state index >= 15 is 0 Å². The standard InChI is InChI=1S/C16H21ClO2/c1-2-19-16(18)15(10-12-6-3-4-7-12)13-8-5-9-14(17)11-13/h5,8-9,11-12,15H,2-4,6-7,10H2,1H3. The van der Waals surface area contributed by atoms with Crippen LogP contribution in [0.15, 0.2) is 24.3 Å². The maximum absolute atomic E-state index is 12.2. The van der Waals surface area contributed by atoms with E-state index in [1.807, 2.05) is 31.2 Å². The van der Waals surface area contributed by atoms with Crippen molar-refractivity contribution in [3.05, 3.63) is 34.9 Å². The first-order valence-electron chi connectivity index (χ1n) is 7.12. The molecule has 104 valence electrons. The second-order valence-corrected chi connectivity index (χ2v) is 5.68. The maximum Gasteiger partial charge on any atom is 0.313 e. The quantitative estimate of drug-likeness (QED) is 0.739. The van der Waals surface area contributed by atoms with Crippen LogP contribution in [0.1, 0.15) is 50.5 Å². The Kier molecular flexibility index (Phi) is 5.26. The molecule has 1 aliphatic rings. The summed E-state index contributed by atoms with van der Waals surface area (Å²) in [4.78, 5) is 12.2. The van der Waals surface area contributed by atoms with Crippen molar-refractivity contribution in [3.63, 3.8) is 0 Å². The first-order valence-corrected chi connectivity index (χ1v) is 7.50. The zero-order valence-electron chi connectivity index (χ0n) is 11.4. The van der Waals surface area contributed by atoms with E-state index < -0.39 is 0 Å². The molecule has 2 rings (SSSR count). The molecule has 0 amide bonds. The van der Waals surface area contributed by atoms with Gasteiger partial charge in [0, 0.05) is 5.02 Å². The molecule has 1 fully saturated rings. The van der Waals surface area contributed by atoms with Crippen LogP contribution in [0.25, 0.3) is 0 Å². The van der Waals surface area contributed by atoms with Gasteiger partial charge in [0.2, 0.25) is 0 Å². The van der Waals surface area contributed by atoms with E-state index in [9.17, 15) is 4.79 Å². The number of carbonyl (C=O) groups excluding carboxylic acids is 1. The van der Waals surface area contributed by atoms with Crippen molar-refractivity contribution in [1.29, 1.82) is 0 Å². The molecule has 1 aromatic rings. The Hall–Kier alpha value is -1.02. The van der Waals surface area contributed by atoms with Gasteiger partial charge in [-0.05, 0) is 37.0 Å². The van der Waals surface area contributed by atoms with Gasteiger partial charge in [-0.1, -0.05) is 49.4 Å². The molecule has 0 N–H and O–H groups in total. The van der Waals surface area contributed by atoms with Gasteiger partial charge < -0.3 is 4.74 Å². The molecule has 0 saturated heterocycles. The molecule has 1 atom stereocenters. The summed E-state index contributed by atoms with van der Waals surface area (Å²) in [6.45, 7) is 2.28. The predicted molar refractivity (Wildman–Crippen MR) is 77.4 cm³/mol. The lowest BCUT2D eigenvalue weighted by Crippen LogP contribution is -2.18. The van der Waals surface area contributed by atoms with E-state index in [2.05, 4.69) is 0 Å². The molecule has 3 heteroatoms. The number of hydrogen-bond acceptors (Lipinski definition) is 2. The summed E-state index contributed by atoms with van der Waals surface area (Å²) in [5.74, 6) is 0.367. The Morgan fingerprint density at radius 2 is 2.16 bits per heavy atom. The number of hydrogen-bond donors (Lipinski definition) is 0. The van der Waals surface area contributed by atoms with Gasteiger partial charge in [-0.15, -0.1) is 0 Å². The van der Waals surface area contributed by atoms with Crippen molar-refractivity contribution in [3.8, 4) is 0 Å². The van der Waals surface area contributed by atoms with E-state index in [0.717, 1.165) is 12.0 Å². The predicted octanol–water partition coefficient (Wildman–Crippen LogP) is 4.57. The Morgan fingerprint density at radius 3 is 2.79 bits per heavy atom. The van der Waals surface area contributed by atoms with Gasteiger partial charge >= 0.3 is 5.97 Å². The molecule has 1 saturated carbocycles. The highest BCUT2D eigenvalue weighted by molar-refractivity contribution is 6.30. The molecule has 1 aliphatic carbocycles. The molecular weight excluding hydrogens is 260 g/mol. The zero-order chi connectivity index (χ0) is 13.7. The third-order valence-corrected chi connectivity index (χ3v) is 4.10. The van der Waals surface area contributed by atoms with Gasteiger partial charge in [-0.25, -0.2) is 0 Å². The van der Waals surface area contributed by atoms with E-state index in [0.29, 0.717) is 17.5 Å². The summed E-state index contributed by atoms with van der Waals surface area (Å²) in [7, 11) is 0. The highest BCUT2D eigenvalue weighted by atomic mass is 35.5. The molecule has 0 aliphatic heterocycles. The van der Waals surface area contributed by atoms with Crippen molar-refractivity contribution in [1.82, 2.24) is 0 Å². The highest BCUT2D eigenvalue weighted by Gasteiger charge is 2.27. The third kappa shape index (κ3) is 3.97. The van der Waals surface area contributed by atoms with Crippen LogP contribution >= 0.6 is 11.6 Å². The molecule has 0 radical (unpaired) electrons. The van der Waals surface area contributed by atoms with Crippen LogP contribution in [-0.2, 0) is 9.53 Å². The monoisotopic (exact) mass is 280 g/mol. The summed E-state index contributed by atoms with van der Waals surface area (Å²) in [6.07, 6.45) is 5.93. The van der Waals surface area contributed by atoms with Crippen molar-refractivity contribution in [2.24, 2.45) is 5.92 Å². The van der Waals surface area contributed by atoms with Crippen molar-refractivity contribution >= 4 is 17.6 Å². The van der Waals surface area contributed by atoms with Crippen LogP contribution in [0, 0.1) is 5.92 Å². The molecule has 1 aromatic carbocycles. The summed E-state index contributed by atoms with van der Waals surface area (Å²) in [6, 6.07) is 7.60. The van der Waals surface area contributed by atoms with E-state index in [1.54, 1.807) is 0 Å². The summed E-state index contributed by atoms with van der Waals surface area (Å²) in [5, 5.41) is 0.679. The van der Waals surface area contributed by atoms with Gasteiger partial charge in [0.25, 0.3) is 0 Å². The Bertz CT molecular complexity index is 425. The van der Waals surface area contributed by atoms with Gasteiger partial charge in [-0.2, -0.15) is 0 Å². The molecule has 1 unspecified atom stereocenters. The van der Waals surface area contributed by atoms with E-state index in [4.69, 9.17) is 16.3 Å². The van der Waals surface area contributed by atoms with Gasteiger partial charge in [0.05, 0.1) is 12.5 Å². The minimum atomic E-state index is -0.165. The summed E-state index contributed by atoms with van der Waals surface area (Å²) >= 11 is 6.04. The van der Waals surface area contributed by atoms with Gasteiger partial charge in [0.1, 0.15) is 0 Å². The number of esters is 1. The number of ether oxygens (including phenoxy) is 1. The topological polar surface area (TPSA) is 26.3 Å². The minimum Gasteiger partial charge on any atom is -0.466 e. The van der Waals surface area contributed by atoms with Crippen LogP contribution in [0.3, 0.4) is 0 Å². The normalized spacial score (nSPS) is 17.4. The van der Waals surface area contributed by atoms with Crippen molar-refractivity contribution in [2.75, 3.05) is 6.61 Å². The van der Waals surface area contributed by atoms with Crippen LogP contribution in [0.2, 0.25) is 5.02 Å². The van der Waals surface area contributed by atoms with E-state index in [1.165, 1.54) is 25.7 Å². The largest absolute Gasteiger partial charge is 0.466 e. The Labute approximate surface area is 120 Å². The smallest absolute Gasteiger partial charge is 0.313 e. The fourth-order valence-electron chi connectivity index (χ4n) is 2.91. The Morgan fingerprint density at radius 1 is 1.42 bits per heavy atom. The van der Waals surface area contributed by atoms with Crippen LogP contribution in [0.4, 0.5) is 0 Å². The first kappa shape index (κ1) is 14.4. The lowest BCUT2D eigenvalue weighted by atomic mass is 9.88. The van der Waals surface area contributed by atoms with Gasteiger partial charge in [-0.3, -0.25) is 4.79 Å². The number of halogens is 1. The second-order valence-electron chi connectivity index (χ2n) is 5.25. The number of carbonyl (C=O) groups is 1. The fourth-order valence-corrected chi connectivity index (χ4v) is 3.11. The first-order chi connectivity index (χ1) is 9.20. The van der Waals surface area contributed by atoms with Gasteiger partial charge in [0.15, 0.2) is 0 Å². The molecule has 0 heterocycles. The summed E-state index contributed by atoms with van der Waals surface area (Å²) < 4.78 is 5.23. The highest BCUT2D eigenvalue weighted by Crippen LogP contribution is 2.35. The SMILES string of the molecule is CCOC(=O)C(CC1CCCC1)c1cccc(Cl)c1. The minimum absolute atomic E-state index is 0.114. The molecular formula is C16H21ClO2. The second kappa shape index (κ2) is 6.95. The average Bonchev–Trinajstić information content (AvgIpc) is 2.89. The van der Waals surface area contributed by atoms with Crippen LogP contribution < -0.4 is 0 Å². The van der Waals surface area contributed by atoms with Crippen LogP contribution in [0.5, 0.6) is 0 Å². The third-order valence-electron chi connectivity index (χ3n) is 3.87. The molecule has 19 heavy (non-hydrogen) atoms. The lowest BCUT2D eigenvalue weighted by Gasteiger charge is -2.19. The molecule has 0 spiro atoms. The fraction of sp³-hybridized carbons (Fsp3) is 0.562. The lowest BCUT2D eigenvalue weighted by molar-refractivity contribution is -0.145. The number of rotatable bonds is 5. The zero-order valence-corrected chi connectivity index (χ0v) is 12.2. The van der Waals surface area contributed by atoms with Crippen molar-refractivity contribution < 1.29 is 9.53 Å². The maximum atomic E-state index is 12.2.